The first-order chi connectivity index (χ1) is 36.0. The fourth-order valence-electron chi connectivity index (χ4n) is 7.67. The normalized spacial score (nSPS) is 12.7. The number of ether oxygens (including phenoxy) is 2. The molecule has 1 aliphatic heterocycles. The molecule has 0 radical (unpaired) electrons. The van der Waals surface area contributed by atoms with E-state index in [1.165, 1.54) is 63.6 Å². The van der Waals surface area contributed by atoms with E-state index >= 15 is 0 Å². The van der Waals surface area contributed by atoms with E-state index in [9.17, 15) is 0 Å². The minimum absolute atomic E-state index is 0.243. The molecule has 8 heteroatoms. The molecule has 8 aromatic rings. The van der Waals surface area contributed by atoms with Crippen LogP contribution in [0, 0.1) is 47.4 Å². The van der Waals surface area contributed by atoms with E-state index in [1.54, 1.807) is 22.7 Å². The molecule has 6 aromatic carbocycles. The summed E-state index contributed by atoms with van der Waals surface area (Å²) in [7, 11) is -0.243. The van der Waals surface area contributed by atoms with Crippen molar-refractivity contribution in [2.75, 3.05) is 13.2 Å². The lowest BCUT2D eigenvalue weighted by Crippen LogP contribution is -2.41. The average Bonchev–Trinajstić information content (AvgIpc) is 4.12. The van der Waals surface area contributed by atoms with Crippen LogP contribution in [0.25, 0.3) is 30.6 Å². The van der Waals surface area contributed by atoms with Gasteiger partial charge in [-0.2, -0.15) is 0 Å². The molecule has 0 bridgehead atoms. The third-order valence-electron chi connectivity index (χ3n) is 12.6. The van der Waals surface area contributed by atoms with Crippen LogP contribution in [0.1, 0.15) is 115 Å². The average molecular weight is 1080 g/mol. The summed E-state index contributed by atoms with van der Waals surface area (Å²) >= 11 is 7.01. The molecule has 1 aliphatic rings. The Balaban J connectivity index is 0.000000169. The van der Waals surface area contributed by atoms with E-state index in [-0.39, 0.29) is 18.3 Å². The molecule has 0 aliphatic carbocycles. The van der Waals surface area contributed by atoms with Crippen molar-refractivity contribution >= 4 is 70.7 Å². The van der Waals surface area contributed by atoms with Crippen molar-refractivity contribution in [1.82, 2.24) is 0 Å². The Labute approximate surface area is 457 Å². The zero-order valence-corrected chi connectivity index (χ0v) is 46.7. The summed E-state index contributed by atoms with van der Waals surface area (Å²) in [5.41, 5.74) is 4.44. The Kier molecular flexibility index (Phi) is 21.1. The van der Waals surface area contributed by atoms with E-state index in [4.69, 9.17) is 18.8 Å². The van der Waals surface area contributed by atoms with Gasteiger partial charge in [0.2, 0.25) is 0 Å². The Hall–Kier alpha value is -6.46. The highest BCUT2D eigenvalue weighted by Crippen LogP contribution is 2.38. The van der Waals surface area contributed by atoms with Gasteiger partial charge >= 0.3 is 7.12 Å². The summed E-state index contributed by atoms with van der Waals surface area (Å²) in [5.74, 6) is 26.1. The first-order valence-corrected chi connectivity index (χ1v) is 28.1. The number of hydrogen-bond acceptors (Lipinski definition) is 6. The first-order valence-electron chi connectivity index (χ1n) is 25.7. The van der Waals surface area contributed by atoms with Crippen molar-refractivity contribution in [3.63, 3.8) is 0 Å². The van der Waals surface area contributed by atoms with Gasteiger partial charge in [0.05, 0.1) is 24.4 Å². The van der Waals surface area contributed by atoms with Crippen LogP contribution in [-0.2, 0) is 9.31 Å². The van der Waals surface area contributed by atoms with Crippen molar-refractivity contribution in [3.8, 4) is 69.3 Å². The third kappa shape index (κ3) is 16.5. The molecule has 4 nitrogen and oxygen atoms in total. The Morgan fingerprint density at radius 1 is 0.486 bits per heavy atom. The fourth-order valence-corrected chi connectivity index (χ4v) is 10.2. The number of rotatable bonds is 14. The highest BCUT2D eigenvalue weighted by atomic mass is 79.9. The topological polar surface area (TPSA) is 36.9 Å². The summed E-state index contributed by atoms with van der Waals surface area (Å²) in [6.07, 6.45) is 9.71. The van der Waals surface area contributed by atoms with Gasteiger partial charge in [0.15, 0.2) is 0 Å². The predicted molar refractivity (Wildman–Crippen MR) is 319 cm³/mol. The highest BCUT2D eigenvalue weighted by molar-refractivity contribution is 9.10. The van der Waals surface area contributed by atoms with Crippen LogP contribution in [0.15, 0.2) is 162 Å². The van der Waals surface area contributed by atoms with Gasteiger partial charge in [0.25, 0.3) is 0 Å². The molecule has 0 saturated carbocycles. The molecular formula is C66H64BBrO4S2. The van der Waals surface area contributed by atoms with Gasteiger partial charge in [0, 0.05) is 51.3 Å². The van der Waals surface area contributed by atoms with Crippen molar-refractivity contribution in [1.29, 1.82) is 0 Å². The summed E-state index contributed by atoms with van der Waals surface area (Å²) in [4.78, 5) is 1.23. The largest absolute Gasteiger partial charge is 0.505 e. The van der Waals surface area contributed by atoms with Crippen molar-refractivity contribution in [2.45, 2.75) is 104 Å². The second kappa shape index (κ2) is 28.3. The van der Waals surface area contributed by atoms with Crippen LogP contribution < -0.4 is 14.3 Å². The Bertz CT molecular complexity index is 3240. The van der Waals surface area contributed by atoms with Crippen molar-refractivity contribution < 1.29 is 18.8 Å². The standard InChI is InChI=1S/C30H26OS.C22H21BrO.C14H17BO2S/c1-2-3-4-11-22-31-27-20-18-24(19-21-27)12-5-6-13-25-14-7-9-16-28(25)30-23-26-15-8-10-17-29(26)32-30;1-2-3-4-9-18-24-21-16-14-19(15-17-21)10-5-6-11-20-12-7-8-13-22(20)23;1-13(2)14(3,4)17-15(16-13)12-9-10-7-5-6-8-11(10)18-12/h7-10,14-21,23H,2-4,11,22H2,1H3;7-8,12-17H,2-4,9,18H2,1H3;5-9H,1-4H3. The second-order valence-electron chi connectivity index (χ2n) is 18.8. The van der Waals surface area contributed by atoms with Crippen LogP contribution in [0.4, 0.5) is 0 Å². The van der Waals surface area contributed by atoms with Gasteiger partial charge in [0.1, 0.15) is 11.5 Å². The van der Waals surface area contributed by atoms with Gasteiger partial charge in [-0.25, -0.2) is 0 Å². The molecule has 9 rings (SSSR count). The van der Waals surface area contributed by atoms with Crippen molar-refractivity contribution in [2.24, 2.45) is 0 Å². The molecule has 0 spiro atoms. The lowest BCUT2D eigenvalue weighted by atomic mass is 9.87. The van der Waals surface area contributed by atoms with E-state index in [0.29, 0.717) is 0 Å². The second-order valence-corrected chi connectivity index (χ2v) is 21.9. The van der Waals surface area contributed by atoms with Gasteiger partial charge in [-0.3, -0.25) is 0 Å². The molecule has 74 heavy (non-hydrogen) atoms. The van der Waals surface area contributed by atoms with E-state index < -0.39 is 0 Å². The fraction of sp³-hybridized carbons (Fsp3) is 0.273. The molecule has 0 atom stereocenters. The molecule has 2 aromatic heterocycles. The maximum atomic E-state index is 6.07. The SMILES string of the molecule is CC1(C)OB(c2cc3ccccc3s2)OC1(C)C.CCCCCCOc1ccc(C#CC#Cc2ccccc2-c2cc3ccccc3s2)cc1.CCCCCCOc1ccc(C#CC#Cc2ccccc2Br)cc1. The van der Waals surface area contributed by atoms with Crippen LogP contribution in [0.5, 0.6) is 11.5 Å². The minimum Gasteiger partial charge on any atom is -0.494 e. The van der Waals surface area contributed by atoms with Gasteiger partial charge in [-0.15, -0.1) is 22.7 Å². The van der Waals surface area contributed by atoms with E-state index in [1.807, 2.05) is 78.9 Å². The molecular weight excluding hydrogens is 1010 g/mol. The quantitative estimate of drug-likeness (QED) is 0.0618. The van der Waals surface area contributed by atoms with E-state index in [2.05, 4.69) is 184 Å². The minimum atomic E-state index is -0.270. The monoisotopic (exact) mass is 1070 g/mol. The smallest absolute Gasteiger partial charge is 0.494 e. The lowest BCUT2D eigenvalue weighted by Gasteiger charge is -2.32. The van der Waals surface area contributed by atoms with Crippen LogP contribution in [-0.4, -0.2) is 31.5 Å². The Morgan fingerprint density at radius 3 is 1.47 bits per heavy atom. The van der Waals surface area contributed by atoms with Gasteiger partial charge in [-0.1, -0.05) is 143 Å². The summed E-state index contributed by atoms with van der Waals surface area (Å²) in [6.45, 7) is 14.3. The first kappa shape index (κ1) is 55.3. The maximum absolute atomic E-state index is 6.07. The predicted octanol–water partition coefficient (Wildman–Crippen LogP) is 16.9. The number of benzene rings is 6. The number of unbranched alkanes of at least 4 members (excludes halogenated alkanes) is 6. The number of halogens is 1. The molecule has 1 saturated heterocycles. The number of thiophene rings is 2. The zero-order chi connectivity index (χ0) is 52.0. The van der Waals surface area contributed by atoms with Gasteiger partial charge < -0.3 is 18.8 Å². The molecule has 1 fully saturated rings. The van der Waals surface area contributed by atoms with Crippen LogP contribution in [0.3, 0.4) is 0 Å². The lowest BCUT2D eigenvalue weighted by molar-refractivity contribution is 0.00578. The Morgan fingerprint density at radius 2 is 0.946 bits per heavy atom. The highest BCUT2D eigenvalue weighted by Gasteiger charge is 2.52. The molecule has 0 N–H and O–H groups in total. The third-order valence-corrected chi connectivity index (χ3v) is 15.6. The van der Waals surface area contributed by atoms with Crippen LogP contribution in [0.2, 0.25) is 0 Å². The molecule has 3 heterocycles. The van der Waals surface area contributed by atoms with E-state index in [0.717, 1.165) is 74.6 Å². The number of fused-ring (bicyclic) bond motifs is 2. The summed E-state index contributed by atoms with van der Waals surface area (Å²) in [5, 5.41) is 2.52. The summed E-state index contributed by atoms with van der Waals surface area (Å²) in [6, 6.07) is 53.2. The van der Waals surface area contributed by atoms with Crippen LogP contribution >= 0.6 is 38.6 Å². The van der Waals surface area contributed by atoms with Gasteiger partial charge in [-0.05, 0) is 182 Å². The molecule has 0 unspecified atom stereocenters. The summed E-state index contributed by atoms with van der Waals surface area (Å²) < 4.78 is 28.4. The molecule has 0 amide bonds. The zero-order valence-electron chi connectivity index (χ0n) is 43.5. The molecule has 374 valence electrons. The maximum Gasteiger partial charge on any atom is 0.505 e. The number of hydrogen-bond donors (Lipinski definition) is 0. The van der Waals surface area contributed by atoms with Crippen molar-refractivity contribution in [3.05, 3.63) is 184 Å².